The second kappa shape index (κ2) is 7.64. The normalized spacial score (nSPS) is 12.9. The number of hydrogen-bond acceptors (Lipinski definition) is 5. The molecule has 0 spiro atoms. The number of nitrogens with zero attached hydrogens (tertiary/aromatic N) is 1. The highest BCUT2D eigenvalue weighted by Gasteiger charge is 2.21. The third kappa shape index (κ3) is 3.97. The number of aliphatic hydroxyl groups is 3. The molecule has 0 saturated carbocycles. The molecule has 0 bridgehead atoms. The maximum atomic E-state index is 11.3. The summed E-state index contributed by atoms with van der Waals surface area (Å²) in [6, 6.07) is -0.716. The molecule has 82 valence electrons. The Kier molecular flexibility index (Phi) is 7.23. The van der Waals surface area contributed by atoms with Crippen LogP contribution in [0, 0.1) is 0 Å². The highest BCUT2D eigenvalue weighted by Crippen LogP contribution is 2.00. The van der Waals surface area contributed by atoms with Crippen LogP contribution in [0.25, 0.3) is 0 Å². The zero-order chi connectivity index (χ0) is 11.0. The number of rotatable bonds is 8. The zero-order valence-electron chi connectivity index (χ0n) is 8.09. The minimum absolute atomic E-state index is 0.124. The van der Waals surface area contributed by atoms with Crippen LogP contribution in [0.4, 0.5) is 0 Å². The van der Waals surface area contributed by atoms with Gasteiger partial charge in [0.15, 0.2) is 5.78 Å². The fraction of sp³-hybridized carbons (Fsp3) is 0.667. The third-order valence-electron chi connectivity index (χ3n) is 1.92. The molecule has 0 radical (unpaired) electrons. The van der Waals surface area contributed by atoms with Crippen LogP contribution in [0.15, 0.2) is 12.7 Å². The van der Waals surface area contributed by atoms with Crippen molar-refractivity contribution in [2.24, 2.45) is 0 Å². The van der Waals surface area contributed by atoms with E-state index in [1.807, 2.05) is 0 Å². The summed E-state index contributed by atoms with van der Waals surface area (Å²) in [5.41, 5.74) is 0. The van der Waals surface area contributed by atoms with Crippen molar-refractivity contribution < 1.29 is 20.1 Å². The summed E-state index contributed by atoms with van der Waals surface area (Å²) in [7, 11) is 0. The lowest BCUT2D eigenvalue weighted by Gasteiger charge is -2.27. The van der Waals surface area contributed by atoms with E-state index in [2.05, 4.69) is 6.58 Å². The molecule has 0 saturated heterocycles. The highest BCUT2D eigenvalue weighted by molar-refractivity contribution is 5.93. The van der Waals surface area contributed by atoms with Crippen LogP contribution in [0.3, 0.4) is 0 Å². The monoisotopic (exact) mass is 203 g/mol. The Morgan fingerprint density at radius 2 is 1.79 bits per heavy atom. The van der Waals surface area contributed by atoms with Gasteiger partial charge in [-0.2, -0.15) is 0 Å². The average molecular weight is 203 g/mol. The van der Waals surface area contributed by atoms with E-state index in [1.54, 1.807) is 0 Å². The number of ketones is 1. The van der Waals surface area contributed by atoms with Crippen molar-refractivity contribution in [3.05, 3.63) is 12.7 Å². The van der Waals surface area contributed by atoms with Gasteiger partial charge in [-0.1, -0.05) is 6.58 Å². The zero-order valence-corrected chi connectivity index (χ0v) is 8.09. The predicted molar refractivity (Wildman–Crippen MR) is 51.8 cm³/mol. The van der Waals surface area contributed by atoms with E-state index in [1.165, 1.54) is 4.90 Å². The van der Waals surface area contributed by atoms with Gasteiger partial charge in [0.05, 0.1) is 25.9 Å². The van der Waals surface area contributed by atoms with Gasteiger partial charge in [-0.15, -0.1) is 0 Å². The Morgan fingerprint density at radius 3 is 2.07 bits per heavy atom. The molecule has 3 N–H and O–H groups in total. The first-order valence-corrected chi connectivity index (χ1v) is 4.44. The van der Waals surface area contributed by atoms with Crippen molar-refractivity contribution in [3.63, 3.8) is 0 Å². The van der Waals surface area contributed by atoms with Crippen LogP contribution in [0.1, 0.15) is 0 Å². The molecule has 0 aliphatic rings. The summed E-state index contributed by atoms with van der Waals surface area (Å²) >= 11 is 0. The number of aliphatic hydroxyl groups excluding tert-OH is 3. The first-order valence-electron chi connectivity index (χ1n) is 4.44. The van der Waals surface area contributed by atoms with Gasteiger partial charge in [0.25, 0.3) is 0 Å². The molecule has 0 aliphatic heterocycles. The summed E-state index contributed by atoms with van der Waals surface area (Å²) < 4.78 is 0. The van der Waals surface area contributed by atoms with Crippen molar-refractivity contribution in [1.82, 2.24) is 4.90 Å². The lowest BCUT2D eigenvalue weighted by Crippen LogP contribution is -2.45. The van der Waals surface area contributed by atoms with E-state index in [4.69, 9.17) is 15.3 Å². The second-order valence-electron chi connectivity index (χ2n) is 2.79. The van der Waals surface area contributed by atoms with Gasteiger partial charge in [0.1, 0.15) is 0 Å². The quantitative estimate of drug-likeness (QED) is 0.413. The van der Waals surface area contributed by atoms with Crippen molar-refractivity contribution in [2.75, 3.05) is 32.9 Å². The van der Waals surface area contributed by atoms with Crippen LogP contribution in [0.2, 0.25) is 0 Å². The summed E-state index contributed by atoms with van der Waals surface area (Å²) in [4.78, 5) is 12.8. The lowest BCUT2D eigenvalue weighted by atomic mass is 10.1. The highest BCUT2D eigenvalue weighted by atomic mass is 16.3. The Labute approximate surface area is 83.3 Å². The van der Waals surface area contributed by atoms with Gasteiger partial charge in [-0.05, 0) is 6.08 Å². The largest absolute Gasteiger partial charge is 0.395 e. The average Bonchev–Trinajstić information content (AvgIpc) is 2.19. The Bertz CT molecular complexity index is 178. The smallest absolute Gasteiger partial charge is 0.174 e. The summed E-state index contributed by atoms with van der Waals surface area (Å²) in [6.07, 6.45) is 1.13. The minimum Gasteiger partial charge on any atom is -0.395 e. The molecule has 0 aliphatic carbocycles. The van der Waals surface area contributed by atoms with Crippen LogP contribution >= 0.6 is 0 Å². The molecule has 0 aromatic rings. The van der Waals surface area contributed by atoms with Crippen LogP contribution in [-0.2, 0) is 4.79 Å². The SMILES string of the molecule is C=CC(=O)C(CO)N(CCO)CCO. The van der Waals surface area contributed by atoms with E-state index >= 15 is 0 Å². The van der Waals surface area contributed by atoms with Crippen LogP contribution < -0.4 is 0 Å². The molecule has 0 fully saturated rings. The number of hydrogen-bond donors (Lipinski definition) is 3. The van der Waals surface area contributed by atoms with Crippen molar-refractivity contribution >= 4 is 5.78 Å². The van der Waals surface area contributed by atoms with Crippen molar-refractivity contribution in [2.45, 2.75) is 6.04 Å². The van der Waals surface area contributed by atoms with Gasteiger partial charge in [0, 0.05) is 13.1 Å². The van der Waals surface area contributed by atoms with E-state index in [0.717, 1.165) is 6.08 Å². The standard InChI is InChI=1S/C9H17NO4/c1-2-9(14)8(7-13)10(3-5-11)4-6-12/h2,8,11-13H,1,3-7H2. The summed E-state index contributed by atoms with van der Waals surface area (Å²) in [6.45, 7) is 3.21. The number of carbonyl (C=O) groups excluding carboxylic acids is 1. The second-order valence-corrected chi connectivity index (χ2v) is 2.79. The van der Waals surface area contributed by atoms with Gasteiger partial charge >= 0.3 is 0 Å². The molecule has 14 heavy (non-hydrogen) atoms. The van der Waals surface area contributed by atoms with Gasteiger partial charge in [0.2, 0.25) is 0 Å². The van der Waals surface area contributed by atoms with Gasteiger partial charge < -0.3 is 15.3 Å². The number of carbonyl (C=O) groups is 1. The first kappa shape index (κ1) is 13.2. The van der Waals surface area contributed by atoms with Gasteiger partial charge in [-0.3, -0.25) is 9.69 Å². The molecule has 0 aromatic carbocycles. The first-order chi connectivity index (χ1) is 6.71. The molecule has 0 amide bonds. The Morgan fingerprint density at radius 1 is 1.29 bits per heavy atom. The van der Waals surface area contributed by atoms with E-state index < -0.39 is 6.04 Å². The van der Waals surface area contributed by atoms with Crippen molar-refractivity contribution in [3.8, 4) is 0 Å². The third-order valence-corrected chi connectivity index (χ3v) is 1.92. The Hall–Kier alpha value is -0.750. The van der Waals surface area contributed by atoms with E-state index in [9.17, 15) is 4.79 Å². The summed E-state index contributed by atoms with van der Waals surface area (Å²) in [5, 5.41) is 26.4. The molecule has 1 atom stereocenters. The molecule has 5 nitrogen and oxygen atoms in total. The van der Waals surface area contributed by atoms with E-state index in [-0.39, 0.29) is 38.7 Å². The topological polar surface area (TPSA) is 81.0 Å². The minimum atomic E-state index is -0.716. The Balaban J connectivity index is 4.39. The predicted octanol–water partition coefficient (Wildman–Crippen LogP) is -1.61. The fourth-order valence-electron chi connectivity index (χ4n) is 1.20. The fourth-order valence-corrected chi connectivity index (χ4v) is 1.20. The molecule has 0 heterocycles. The van der Waals surface area contributed by atoms with Crippen LogP contribution in [0.5, 0.6) is 0 Å². The lowest BCUT2D eigenvalue weighted by molar-refractivity contribution is -0.121. The maximum absolute atomic E-state index is 11.3. The molecule has 1 unspecified atom stereocenters. The molecule has 0 rings (SSSR count). The summed E-state index contributed by atoms with van der Waals surface area (Å²) in [5.74, 6) is -0.311. The molecular weight excluding hydrogens is 186 g/mol. The molecule has 0 aromatic heterocycles. The maximum Gasteiger partial charge on any atom is 0.174 e. The van der Waals surface area contributed by atoms with Crippen molar-refractivity contribution in [1.29, 1.82) is 0 Å². The molecule has 5 heteroatoms. The molecular formula is C9H17NO4. The van der Waals surface area contributed by atoms with Gasteiger partial charge in [-0.25, -0.2) is 0 Å². The van der Waals surface area contributed by atoms with Crippen LogP contribution in [-0.4, -0.2) is 65.0 Å². The van der Waals surface area contributed by atoms with E-state index in [0.29, 0.717) is 0 Å².